The third kappa shape index (κ3) is 7.95. The molecule has 9 rings (SSSR count). The minimum absolute atomic E-state index is 0.0140. The third-order valence-corrected chi connectivity index (χ3v) is 14.6. The van der Waals surface area contributed by atoms with Gasteiger partial charge in [0.15, 0.2) is 6.29 Å². The van der Waals surface area contributed by atoms with Gasteiger partial charge in [-0.25, -0.2) is 18.2 Å². The van der Waals surface area contributed by atoms with Crippen LogP contribution >= 0.6 is 0 Å². The molecule has 2 aromatic carbocycles. The van der Waals surface area contributed by atoms with Crippen LogP contribution in [0.1, 0.15) is 81.8 Å². The minimum Gasteiger partial charge on any atom is -0.445 e. The average molecular weight is 800 g/mol. The summed E-state index contributed by atoms with van der Waals surface area (Å²) >= 11 is 0. The first kappa shape index (κ1) is 38.2. The summed E-state index contributed by atoms with van der Waals surface area (Å²) in [6, 6.07) is 16.7. The Morgan fingerprint density at radius 3 is 2.47 bits per heavy atom. The second-order valence-electron chi connectivity index (χ2n) is 16.4. The molecule has 3 saturated heterocycles. The maximum absolute atomic E-state index is 14.0. The number of benzene rings is 2. The van der Waals surface area contributed by atoms with Crippen molar-refractivity contribution in [3.8, 4) is 0 Å². The molecule has 6 aliphatic rings. The molecule has 2 aliphatic carbocycles. The molecule has 2 amide bonds. The maximum Gasteiger partial charge on any atom is 0.410 e. The van der Waals surface area contributed by atoms with E-state index in [0.29, 0.717) is 58.1 Å². The number of ether oxygens (including phenoxy) is 3. The van der Waals surface area contributed by atoms with Gasteiger partial charge in [-0.15, -0.1) is 0 Å². The Morgan fingerprint density at radius 2 is 1.72 bits per heavy atom. The Balaban J connectivity index is 0.795. The van der Waals surface area contributed by atoms with Crippen molar-refractivity contribution in [2.24, 2.45) is 0 Å². The zero-order valence-corrected chi connectivity index (χ0v) is 33.3. The monoisotopic (exact) mass is 799 g/mol. The van der Waals surface area contributed by atoms with Crippen molar-refractivity contribution in [1.29, 1.82) is 0 Å². The number of hydrogen-bond acceptors (Lipinski definition) is 11. The third-order valence-electron chi connectivity index (χ3n) is 12.7. The fourth-order valence-corrected chi connectivity index (χ4v) is 10.7. The fourth-order valence-electron chi connectivity index (χ4n) is 9.23. The van der Waals surface area contributed by atoms with E-state index in [-0.39, 0.29) is 48.0 Å². The lowest BCUT2D eigenvalue weighted by Gasteiger charge is -2.37. The maximum atomic E-state index is 14.0. The molecule has 14 nitrogen and oxygen atoms in total. The van der Waals surface area contributed by atoms with Crippen LogP contribution < -0.4 is 15.1 Å². The highest BCUT2D eigenvalue weighted by Gasteiger charge is 2.61. The molecule has 57 heavy (non-hydrogen) atoms. The lowest BCUT2D eigenvalue weighted by molar-refractivity contribution is -0.193. The predicted octanol–water partition coefficient (Wildman–Crippen LogP) is 5.43. The van der Waals surface area contributed by atoms with Crippen molar-refractivity contribution in [1.82, 2.24) is 19.2 Å². The van der Waals surface area contributed by atoms with Gasteiger partial charge in [0.1, 0.15) is 12.4 Å². The largest absolute Gasteiger partial charge is 0.445 e. The van der Waals surface area contributed by atoms with Crippen molar-refractivity contribution < 1.29 is 32.2 Å². The summed E-state index contributed by atoms with van der Waals surface area (Å²) in [7, 11) is -3.73. The van der Waals surface area contributed by atoms with Gasteiger partial charge in [0.25, 0.3) is 0 Å². The summed E-state index contributed by atoms with van der Waals surface area (Å²) in [6.07, 6.45) is 11.0. The number of piperidine rings is 1. The van der Waals surface area contributed by atoms with E-state index in [9.17, 15) is 18.0 Å². The van der Waals surface area contributed by atoms with E-state index in [1.165, 1.54) is 0 Å². The molecule has 4 aliphatic heterocycles. The summed E-state index contributed by atoms with van der Waals surface area (Å²) in [5.41, 5.74) is 2.20. The van der Waals surface area contributed by atoms with Crippen molar-refractivity contribution in [3.63, 3.8) is 0 Å². The number of hydrogen-bond donors (Lipinski definition) is 1. The van der Waals surface area contributed by atoms with Crippen molar-refractivity contribution in [2.75, 3.05) is 61.0 Å². The molecule has 3 atom stereocenters. The average Bonchev–Trinajstić information content (AvgIpc) is 4.02. The summed E-state index contributed by atoms with van der Waals surface area (Å²) in [6.45, 7) is 3.82. The fraction of sp³-hybridized carbons (Fsp3) is 0.571. The normalized spacial score (nSPS) is 25.4. The molecular weight excluding hydrogens is 747 g/mol. The topological polar surface area (TPSA) is 147 Å². The van der Waals surface area contributed by atoms with E-state index < -0.39 is 15.4 Å². The first-order chi connectivity index (χ1) is 27.8. The van der Waals surface area contributed by atoms with Crippen LogP contribution in [0.4, 0.5) is 22.2 Å². The first-order valence-electron chi connectivity index (χ1n) is 20.8. The smallest absolute Gasteiger partial charge is 0.410 e. The number of carbonyl (C=O) groups excluding carboxylic acids is 2. The number of nitrogens with zero attached hydrogens (tertiary/aromatic N) is 6. The lowest BCUT2D eigenvalue weighted by atomic mass is 9.91. The van der Waals surface area contributed by atoms with Crippen LogP contribution in [0.5, 0.6) is 0 Å². The second kappa shape index (κ2) is 16.1. The highest BCUT2D eigenvalue weighted by atomic mass is 32.2. The standard InChI is InChI=1S/C42H53N7O7S/c50-39-42(17-18-42)36-28-43-40(45-38(36)49(39)33-11-6-12-34(26-33)56-37-14-4-5-25-54-37)44-31-15-19-48(20-16-31)57(52,53)35-13-7-10-32(27-35)46-21-23-47(24-22-46)41(51)55-29-30-8-2-1-3-9-30/h1-3,7-10,13,27-28,31,33-34,37H,4-6,11-12,14-26,29H2,(H,43,44,45)/t33-,34-,37?/m1/s1. The molecule has 304 valence electrons. The van der Waals surface area contributed by atoms with Crippen LogP contribution in [0.25, 0.3) is 0 Å². The molecule has 1 aromatic heterocycles. The van der Waals surface area contributed by atoms with Crippen LogP contribution in [0.15, 0.2) is 65.7 Å². The van der Waals surface area contributed by atoms with Gasteiger partial charge in [0.05, 0.1) is 16.4 Å². The van der Waals surface area contributed by atoms with Crippen LogP contribution in [0.3, 0.4) is 0 Å². The van der Waals surface area contributed by atoms with Gasteiger partial charge in [-0.1, -0.05) is 36.4 Å². The number of rotatable bonds is 10. The quantitative estimate of drug-likeness (QED) is 0.280. The van der Waals surface area contributed by atoms with Gasteiger partial charge in [-0.2, -0.15) is 9.29 Å². The van der Waals surface area contributed by atoms with Gasteiger partial charge in [0.2, 0.25) is 21.9 Å². The Labute approximate surface area is 334 Å². The van der Waals surface area contributed by atoms with Gasteiger partial charge in [0, 0.05) is 75.4 Å². The molecular formula is C42H53N7O7S. The predicted molar refractivity (Wildman–Crippen MR) is 213 cm³/mol. The second-order valence-corrected chi connectivity index (χ2v) is 18.3. The Hall–Kier alpha value is -4.31. The number of nitrogens with one attached hydrogen (secondary N) is 1. The molecule has 0 bridgehead atoms. The highest BCUT2D eigenvalue weighted by molar-refractivity contribution is 7.89. The molecule has 1 spiro atoms. The molecule has 5 heterocycles. The van der Waals surface area contributed by atoms with E-state index in [4.69, 9.17) is 19.2 Å². The van der Waals surface area contributed by atoms with Crippen molar-refractivity contribution >= 4 is 39.5 Å². The Bertz CT molecular complexity index is 2030. The number of fused-ring (bicyclic) bond motifs is 2. The molecule has 5 fully saturated rings. The SMILES string of the molecule is O=C(OCc1ccccc1)N1CCN(c2cccc(S(=O)(=O)N3CCC(Nc4ncc5c(n4)N([C@@H]4CCC[C@@H](OC6CCCCO6)C4)C(=O)C54CC4)CC3)c2)CC1. The minimum atomic E-state index is -3.73. The Kier molecular flexibility index (Phi) is 10.8. The summed E-state index contributed by atoms with van der Waals surface area (Å²) in [5, 5.41) is 3.48. The van der Waals surface area contributed by atoms with E-state index >= 15 is 0 Å². The van der Waals surface area contributed by atoms with E-state index in [1.807, 2.05) is 47.5 Å². The number of sulfonamides is 1. The molecule has 2 saturated carbocycles. The number of carbonyl (C=O) groups is 2. The zero-order chi connectivity index (χ0) is 39.0. The summed E-state index contributed by atoms with van der Waals surface area (Å²) < 4.78 is 47.1. The number of aromatic nitrogens is 2. The molecule has 3 aromatic rings. The van der Waals surface area contributed by atoms with Gasteiger partial charge in [-0.3, -0.25) is 9.69 Å². The summed E-state index contributed by atoms with van der Waals surface area (Å²) in [5.74, 6) is 1.34. The highest BCUT2D eigenvalue weighted by Crippen LogP contribution is 2.58. The zero-order valence-electron chi connectivity index (χ0n) is 32.5. The first-order valence-corrected chi connectivity index (χ1v) is 22.3. The number of amides is 2. The molecule has 1 N–H and O–H groups in total. The van der Waals surface area contributed by atoms with Crippen LogP contribution in [-0.2, 0) is 41.1 Å². The van der Waals surface area contributed by atoms with E-state index in [1.54, 1.807) is 27.4 Å². The van der Waals surface area contributed by atoms with Crippen LogP contribution in [-0.4, -0.2) is 110 Å². The molecule has 1 unspecified atom stereocenters. The van der Waals surface area contributed by atoms with Crippen molar-refractivity contribution in [2.45, 2.75) is 112 Å². The van der Waals surface area contributed by atoms with Gasteiger partial charge < -0.3 is 29.3 Å². The molecule has 15 heteroatoms. The number of anilines is 3. The van der Waals surface area contributed by atoms with E-state index in [0.717, 1.165) is 87.0 Å². The van der Waals surface area contributed by atoms with Crippen LogP contribution in [0, 0.1) is 0 Å². The lowest BCUT2D eigenvalue weighted by Crippen LogP contribution is -2.49. The molecule has 0 radical (unpaired) electrons. The van der Waals surface area contributed by atoms with Gasteiger partial charge >= 0.3 is 6.09 Å². The van der Waals surface area contributed by atoms with Crippen LogP contribution in [0.2, 0.25) is 0 Å². The number of piperazine rings is 1. The summed E-state index contributed by atoms with van der Waals surface area (Å²) in [4.78, 5) is 42.4. The van der Waals surface area contributed by atoms with E-state index in [2.05, 4.69) is 15.2 Å². The van der Waals surface area contributed by atoms with Crippen molar-refractivity contribution in [3.05, 3.63) is 71.9 Å². The van der Waals surface area contributed by atoms with Gasteiger partial charge in [-0.05, 0) is 94.4 Å². The Morgan fingerprint density at radius 1 is 0.912 bits per heavy atom.